The fourth-order valence-electron chi connectivity index (χ4n) is 3.03. The van der Waals surface area contributed by atoms with E-state index in [1.54, 1.807) is 0 Å². The SMILES string of the molecule is [2H]/C(C(=O)C([2H])([2H])[2H])=C(/O)C([2H])([2H])[2H].[2H]c1[c-]c2c(c([2H])c1[2H])c1c([2H])c(C([2H])([2H])[2H])c([2H])c([2H])c1n1c(-c3c(C([2H])([2H])[2H])c([2H])c([2H])c([2H])c3C([2H])([2H])[2H])c([2H])nc21.[Ir]. The molecule has 0 aliphatic heterocycles. The summed E-state index contributed by atoms with van der Waals surface area (Å²) >= 11 is 0. The number of ketones is 1. The van der Waals surface area contributed by atoms with Gasteiger partial charge in [0.1, 0.15) is 0 Å². The van der Waals surface area contributed by atoms with E-state index in [-0.39, 0.29) is 30.9 Å². The first-order valence-corrected chi connectivity index (χ1v) is 8.80. The maximum atomic E-state index is 10.8. The number of rotatable bonds is 2. The third-order valence-electron chi connectivity index (χ3n) is 4.22. The topological polar surface area (TPSA) is 54.6 Å². The van der Waals surface area contributed by atoms with Crippen LogP contribution in [0.5, 0.6) is 0 Å². The standard InChI is InChI=1S/C24H19N2.C5H8O2.Ir/c1-15-11-12-21-20(13-15)18-9-4-5-10-19(18)24-25-14-22(26(21)24)23-16(2)7-6-8-17(23)3;1-4(6)3-5(2)7;/h4-9,11-14H,1-3H3;3,6H,1-2H3;/q-1;;/b;4-3-;/i1D3,2D3,3D3,4D,5D,6D,7D,8D,9D,11D,12D,13D,14D;1D3,2D3,3D;. The van der Waals surface area contributed by atoms with E-state index in [0.29, 0.717) is 0 Å². The molecule has 5 aromatic rings. The van der Waals surface area contributed by atoms with Crippen LogP contribution in [-0.2, 0) is 24.9 Å². The van der Waals surface area contributed by atoms with Crippen molar-refractivity contribution in [2.24, 2.45) is 0 Å². The first-order chi connectivity index (χ1) is 26.4. The average Bonchev–Trinajstić information content (AvgIpc) is 3.40. The molecule has 0 fully saturated rings. The van der Waals surface area contributed by atoms with Crippen LogP contribution < -0.4 is 0 Å². The number of benzene rings is 3. The summed E-state index contributed by atoms with van der Waals surface area (Å²) in [5, 5.41) is 7.60. The monoisotopic (exact) mass is 654 g/mol. The zero-order chi connectivity index (χ0) is 45.8. The van der Waals surface area contributed by atoms with Crippen molar-refractivity contribution in [2.45, 2.75) is 34.3 Å². The van der Waals surface area contributed by atoms with Gasteiger partial charge in [-0.15, -0.1) is 29.6 Å². The van der Waals surface area contributed by atoms with Crippen LogP contribution in [0, 0.1) is 26.6 Å². The third kappa shape index (κ3) is 4.82. The number of fused-ring (bicyclic) bond motifs is 6. The minimum Gasteiger partial charge on any atom is -0.512 e. The minimum atomic E-state index is -3.31. The second-order valence-electron chi connectivity index (χ2n) is 6.26. The molecule has 3 aromatic carbocycles. The summed E-state index contributed by atoms with van der Waals surface area (Å²) in [6.07, 6.45) is -0.880. The maximum absolute atomic E-state index is 10.8. The normalized spacial score (nSPS) is 24.5. The Kier molecular flexibility index (Phi) is 2.39. The molecular weight excluding hydrogens is 601 g/mol. The van der Waals surface area contributed by atoms with Gasteiger partial charge in [-0.3, -0.25) is 9.78 Å². The fourth-order valence-corrected chi connectivity index (χ4v) is 3.03. The maximum Gasteiger partial charge on any atom is 0.155 e. The van der Waals surface area contributed by atoms with Crippen LogP contribution in [0.2, 0.25) is 0 Å². The minimum absolute atomic E-state index is 0. The molecule has 34 heavy (non-hydrogen) atoms. The fraction of sp³-hybridized carbons (Fsp3) is 0.172. The molecule has 5 rings (SSSR count). The van der Waals surface area contributed by atoms with Gasteiger partial charge in [-0.2, -0.15) is 0 Å². The Balaban J connectivity index is 0.000000550. The van der Waals surface area contributed by atoms with Crippen LogP contribution >= 0.6 is 0 Å². The van der Waals surface area contributed by atoms with Gasteiger partial charge in [0.25, 0.3) is 0 Å². The molecule has 175 valence electrons. The van der Waals surface area contributed by atoms with Crippen molar-refractivity contribution < 1.29 is 65.6 Å². The van der Waals surface area contributed by atoms with Crippen molar-refractivity contribution in [3.63, 3.8) is 0 Å². The van der Waals surface area contributed by atoms with Crippen LogP contribution in [0.15, 0.2) is 72.4 Å². The Hall–Kier alpha value is -3.27. The van der Waals surface area contributed by atoms with E-state index in [0.717, 1.165) is 4.40 Å². The van der Waals surface area contributed by atoms with E-state index in [2.05, 4.69) is 11.1 Å². The molecule has 1 radical (unpaired) electrons. The van der Waals surface area contributed by atoms with Crippen LogP contribution in [-0.4, -0.2) is 20.3 Å². The van der Waals surface area contributed by atoms with E-state index in [1.807, 2.05) is 0 Å². The number of aliphatic hydroxyl groups excluding tert-OH is 1. The van der Waals surface area contributed by atoms with Gasteiger partial charge in [0.05, 0.1) is 28.1 Å². The van der Waals surface area contributed by atoms with E-state index in [1.165, 1.54) is 0 Å². The summed E-state index contributed by atoms with van der Waals surface area (Å²) in [7, 11) is 0. The summed E-state index contributed by atoms with van der Waals surface area (Å²) < 4.78 is 205. The van der Waals surface area contributed by atoms with Gasteiger partial charge < -0.3 is 9.51 Å². The van der Waals surface area contributed by atoms with Crippen molar-refractivity contribution in [3.05, 3.63) is 95.1 Å². The number of aliphatic hydroxyl groups is 1. The Morgan fingerprint density at radius 3 is 2.65 bits per heavy atom. The second-order valence-corrected chi connectivity index (χ2v) is 6.26. The van der Waals surface area contributed by atoms with Crippen molar-refractivity contribution in [1.29, 1.82) is 0 Å². The first-order valence-electron chi connectivity index (χ1n) is 21.8. The first kappa shape index (κ1) is 7.87. The van der Waals surface area contributed by atoms with Gasteiger partial charge >= 0.3 is 0 Å². The molecule has 0 aliphatic carbocycles. The largest absolute Gasteiger partial charge is 0.512 e. The quantitative estimate of drug-likeness (QED) is 0.0961. The zero-order valence-electron chi connectivity index (χ0n) is 42.6. The number of aromatic nitrogens is 2. The van der Waals surface area contributed by atoms with E-state index in [9.17, 15) is 4.79 Å². The van der Waals surface area contributed by atoms with Crippen molar-refractivity contribution in [1.82, 2.24) is 9.38 Å². The smallest absolute Gasteiger partial charge is 0.155 e. The number of nitrogens with zero attached hydrogens (tertiary/aromatic N) is 2. The van der Waals surface area contributed by atoms with Gasteiger partial charge in [0, 0.05) is 66.7 Å². The Morgan fingerprint density at radius 2 is 1.94 bits per heavy atom. The Morgan fingerprint density at radius 1 is 1.12 bits per heavy atom. The van der Waals surface area contributed by atoms with Crippen molar-refractivity contribution in [3.8, 4) is 11.3 Å². The van der Waals surface area contributed by atoms with Gasteiger partial charge in [-0.05, 0) is 58.2 Å². The average molecular weight is 654 g/mol. The number of imidazole rings is 1. The van der Waals surface area contributed by atoms with Crippen LogP contribution in [0.4, 0.5) is 0 Å². The van der Waals surface area contributed by atoms with E-state index >= 15 is 0 Å². The third-order valence-corrected chi connectivity index (χ3v) is 4.22. The van der Waals surface area contributed by atoms with Crippen LogP contribution in [0.1, 0.15) is 66.0 Å². The number of carbonyl (C=O) groups is 1. The predicted molar refractivity (Wildman–Crippen MR) is 136 cm³/mol. The van der Waals surface area contributed by atoms with Crippen molar-refractivity contribution >= 4 is 33.1 Å². The van der Waals surface area contributed by atoms with Crippen LogP contribution in [0.3, 0.4) is 0 Å². The summed E-state index contributed by atoms with van der Waals surface area (Å²) in [6.45, 7) is -15.9. The number of carbonyl (C=O) groups excluding carboxylic acids is 1. The molecule has 0 amide bonds. The van der Waals surface area contributed by atoms with Crippen molar-refractivity contribution in [2.75, 3.05) is 0 Å². The van der Waals surface area contributed by atoms with E-state index in [4.69, 9.17) is 40.7 Å². The summed E-state index contributed by atoms with van der Waals surface area (Å²) in [4.78, 5) is 14.9. The number of hydrogen-bond acceptors (Lipinski definition) is 3. The van der Waals surface area contributed by atoms with Gasteiger partial charge in [-0.25, -0.2) is 0 Å². The molecular formula is C29H27IrN2O2-. The number of hydrogen-bond donors (Lipinski definition) is 1. The second kappa shape index (κ2) is 10.3. The molecule has 5 heteroatoms. The van der Waals surface area contributed by atoms with E-state index < -0.39 is 157 Å². The molecule has 0 bridgehead atoms. The molecule has 0 aliphatic rings. The molecule has 0 atom stereocenters. The summed E-state index contributed by atoms with van der Waals surface area (Å²) in [6, 6.07) is -6.83. The summed E-state index contributed by atoms with van der Waals surface area (Å²) in [5.41, 5.74) is -5.61. The Labute approximate surface area is 249 Å². The van der Waals surface area contributed by atoms with Gasteiger partial charge in [0.15, 0.2) is 5.78 Å². The van der Waals surface area contributed by atoms with Gasteiger partial charge in [0.2, 0.25) is 0 Å². The molecule has 1 N–H and O–H groups in total. The molecule has 0 unspecified atom stereocenters. The zero-order valence-corrected chi connectivity index (χ0v) is 19.0. The molecule has 4 nitrogen and oxygen atoms in total. The van der Waals surface area contributed by atoms with Crippen LogP contribution in [0.25, 0.3) is 38.6 Å². The van der Waals surface area contributed by atoms with Gasteiger partial charge in [-0.1, -0.05) is 41.2 Å². The predicted octanol–water partition coefficient (Wildman–Crippen LogP) is 7.07. The number of pyridine rings is 1. The molecule has 0 spiro atoms. The molecule has 0 saturated heterocycles. The summed E-state index contributed by atoms with van der Waals surface area (Å²) in [5.74, 6) is -3.19. The molecule has 2 heterocycles. The molecule has 2 aromatic heterocycles. The molecule has 0 saturated carbocycles. The number of allylic oxidation sites excluding steroid dienone is 2. The Bertz CT molecular complexity index is 2590.